The molecule has 2 nitrogen and oxygen atoms in total. The molecule has 0 aliphatic heterocycles. The van der Waals surface area contributed by atoms with Crippen molar-refractivity contribution in [3.05, 3.63) is 44.4 Å². The lowest BCUT2D eigenvalue weighted by molar-refractivity contribution is 0.0981. The van der Waals surface area contributed by atoms with Crippen molar-refractivity contribution in [3.8, 4) is 0 Å². The maximum atomic E-state index is 10.4. The molecule has 3 heteroatoms. The van der Waals surface area contributed by atoms with Crippen molar-refractivity contribution in [2.24, 2.45) is 5.41 Å². The van der Waals surface area contributed by atoms with Gasteiger partial charge in [0, 0.05) is 26.7 Å². The monoisotopic (exact) mass is 303 g/mol. The van der Waals surface area contributed by atoms with Crippen LogP contribution in [-0.4, -0.2) is 9.67 Å². The van der Waals surface area contributed by atoms with Crippen molar-refractivity contribution in [3.63, 3.8) is 0 Å². The fourth-order valence-corrected chi connectivity index (χ4v) is 4.55. The molecule has 0 saturated carbocycles. The number of thiophene rings is 1. The molecule has 0 amide bonds. The van der Waals surface area contributed by atoms with Gasteiger partial charge in [0.05, 0.1) is 12.6 Å². The molecule has 1 unspecified atom stereocenters. The first-order valence-electron chi connectivity index (χ1n) is 7.70. The van der Waals surface area contributed by atoms with E-state index < -0.39 is 0 Å². The summed E-state index contributed by atoms with van der Waals surface area (Å²) in [6, 6.07) is 4.48. The molecule has 2 aromatic rings. The second-order valence-corrected chi connectivity index (χ2v) is 8.63. The third-order valence-corrected chi connectivity index (χ3v) is 5.87. The van der Waals surface area contributed by atoms with Crippen LogP contribution in [0.25, 0.3) is 0 Å². The molecule has 2 aromatic heterocycles. The number of hydrogen-bond donors (Lipinski definition) is 1. The molecule has 1 N–H and O–H groups in total. The van der Waals surface area contributed by atoms with Gasteiger partial charge in [0.15, 0.2) is 0 Å². The summed E-state index contributed by atoms with van der Waals surface area (Å²) in [4.78, 5) is 2.81. The van der Waals surface area contributed by atoms with Crippen LogP contribution >= 0.6 is 11.3 Å². The zero-order valence-corrected chi connectivity index (χ0v) is 14.5. The average molecular weight is 303 g/mol. The Balaban J connectivity index is 2.00. The second-order valence-electron chi connectivity index (χ2n) is 7.29. The highest BCUT2D eigenvalue weighted by Crippen LogP contribution is 2.42. The lowest BCUT2D eigenvalue weighted by atomic mass is 9.75. The van der Waals surface area contributed by atoms with Gasteiger partial charge in [0.1, 0.15) is 0 Å². The molecule has 0 fully saturated rings. The predicted octanol–water partition coefficient (Wildman–Crippen LogP) is 4.53. The quantitative estimate of drug-likeness (QED) is 0.866. The van der Waals surface area contributed by atoms with Crippen LogP contribution in [0.5, 0.6) is 0 Å². The first kappa shape index (κ1) is 14.9. The minimum atomic E-state index is -0.310. The van der Waals surface area contributed by atoms with Gasteiger partial charge in [-0.15, -0.1) is 11.3 Å². The molecule has 0 radical (unpaired) electrons. The van der Waals surface area contributed by atoms with Crippen molar-refractivity contribution < 1.29 is 5.11 Å². The highest BCUT2D eigenvalue weighted by atomic mass is 32.1. The Morgan fingerprint density at radius 3 is 2.62 bits per heavy atom. The highest BCUT2D eigenvalue weighted by Gasteiger charge is 2.34. The lowest BCUT2D eigenvalue weighted by Crippen LogP contribution is -2.27. The predicted molar refractivity (Wildman–Crippen MR) is 89.1 cm³/mol. The van der Waals surface area contributed by atoms with Crippen LogP contribution in [0.15, 0.2) is 12.1 Å². The third-order valence-electron chi connectivity index (χ3n) is 4.73. The van der Waals surface area contributed by atoms with Crippen LogP contribution in [-0.2, 0) is 13.0 Å². The first-order chi connectivity index (χ1) is 9.77. The van der Waals surface area contributed by atoms with Gasteiger partial charge in [-0.3, -0.25) is 0 Å². The zero-order valence-electron chi connectivity index (χ0n) is 13.7. The van der Waals surface area contributed by atoms with E-state index >= 15 is 0 Å². The number of aliphatic hydroxyl groups excluding tert-OH is 1. The molecular weight excluding hydrogens is 278 g/mol. The molecule has 21 heavy (non-hydrogen) atoms. The van der Waals surface area contributed by atoms with Crippen molar-refractivity contribution in [2.75, 3.05) is 0 Å². The number of hydrogen-bond acceptors (Lipinski definition) is 2. The van der Waals surface area contributed by atoms with Crippen molar-refractivity contribution in [1.29, 1.82) is 0 Å². The van der Waals surface area contributed by atoms with Crippen LogP contribution in [0.3, 0.4) is 0 Å². The van der Waals surface area contributed by atoms with Gasteiger partial charge in [0.2, 0.25) is 0 Å². The van der Waals surface area contributed by atoms with E-state index in [0.717, 1.165) is 24.9 Å². The summed E-state index contributed by atoms with van der Waals surface area (Å²) in [6.45, 7) is 12.0. The molecule has 1 aliphatic rings. The Morgan fingerprint density at radius 1 is 1.29 bits per heavy atom. The molecule has 2 heterocycles. The van der Waals surface area contributed by atoms with E-state index in [9.17, 15) is 5.11 Å². The minimum Gasteiger partial charge on any atom is -0.388 e. The summed E-state index contributed by atoms with van der Waals surface area (Å²) >= 11 is 1.89. The fourth-order valence-electron chi connectivity index (χ4n) is 3.50. The van der Waals surface area contributed by atoms with Gasteiger partial charge in [-0.2, -0.15) is 0 Å². The molecule has 114 valence electrons. The van der Waals surface area contributed by atoms with Crippen molar-refractivity contribution >= 4 is 11.3 Å². The number of aromatic nitrogens is 1. The van der Waals surface area contributed by atoms with Gasteiger partial charge < -0.3 is 9.67 Å². The summed E-state index contributed by atoms with van der Waals surface area (Å²) in [6.07, 6.45) is 1.60. The molecule has 1 aliphatic carbocycles. The Morgan fingerprint density at radius 2 is 2.00 bits per heavy atom. The summed E-state index contributed by atoms with van der Waals surface area (Å²) in [7, 11) is 0. The third kappa shape index (κ3) is 2.69. The number of fused-ring (bicyclic) bond motifs is 1. The second kappa shape index (κ2) is 4.99. The minimum absolute atomic E-state index is 0.177. The Kier molecular flexibility index (Phi) is 3.53. The smallest absolute Gasteiger partial charge is 0.0812 e. The van der Waals surface area contributed by atoms with Crippen molar-refractivity contribution in [1.82, 2.24) is 4.57 Å². The molecule has 1 atom stereocenters. The van der Waals surface area contributed by atoms with Crippen LogP contribution < -0.4 is 0 Å². The van der Waals surface area contributed by atoms with Crippen LogP contribution in [0.2, 0.25) is 0 Å². The molecule has 3 rings (SSSR count). The molecule has 0 saturated heterocycles. The summed E-state index contributed by atoms with van der Waals surface area (Å²) in [5.74, 6) is 0. The number of nitrogens with zero attached hydrogens (tertiary/aromatic N) is 1. The van der Waals surface area contributed by atoms with Gasteiger partial charge in [-0.05, 0) is 56.7 Å². The Labute approximate surface area is 131 Å². The highest BCUT2D eigenvalue weighted by molar-refractivity contribution is 7.12. The van der Waals surface area contributed by atoms with E-state index in [2.05, 4.69) is 51.3 Å². The topological polar surface area (TPSA) is 25.2 Å². The van der Waals surface area contributed by atoms with Crippen LogP contribution in [0.1, 0.15) is 58.6 Å². The standard InChI is InChI=1S/C18H25NOS/c1-11-6-14(21-13(11)3)10-19-12(2)7-15-16(19)8-18(4,5)9-17(15)20/h6-7,17,20H,8-10H2,1-5H3. The van der Waals surface area contributed by atoms with Gasteiger partial charge in [-0.25, -0.2) is 0 Å². The molecule has 0 aromatic carbocycles. The van der Waals surface area contributed by atoms with E-state index in [1.165, 1.54) is 26.7 Å². The Hall–Kier alpha value is -1.06. The van der Waals surface area contributed by atoms with E-state index in [0.29, 0.717) is 0 Å². The number of aryl methyl sites for hydroxylation is 3. The number of aliphatic hydroxyl groups is 1. The molecule has 0 spiro atoms. The van der Waals surface area contributed by atoms with E-state index in [-0.39, 0.29) is 11.5 Å². The Bertz CT molecular complexity index is 658. The summed E-state index contributed by atoms with van der Waals surface area (Å²) in [5.41, 5.74) is 5.31. The van der Waals surface area contributed by atoms with Crippen molar-refractivity contribution in [2.45, 2.75) is 60.1 Å². The first-order valence-corrected chi connectivity index (χ1v) is 8.51. The van der Waals surface area contributed by atoms with Crippen LogP contribution in [0.4, 0.5) is 0 Å². The summed E-state index contributed by atoms with van der Waals surface area (Å²) in [5, 5.41) is 10.4. The maximum Gasteiger partial charge on any atom is 0.0812 e. The average Bonchev–Trinajstić information content (AvgIpc) is 2.82. The maximum absolute atomic E-state index is 10.4. The fraction of sp³-hybridized carbons (Fsp3) is 0.556. The van der Waals surface area contributed by atoms with Crippen LogP contribution in [0, 0.1) is 26.2 Å². The largest absolute Gasteiger partial charge is 0.388 e. The normalized spacial score (nSPS) is 20.6. The van der Waals surface area contributed by atoms with Gasteiger partial charge in [-0.1, -0.05) is 13.8 Å². The summed E-state index contributed by atoms with van der Waals surface area (Å²) < 4.78 is 2.41. The van der Waals surface area contributed by atoms with Gasteiger partial charge in [0.25, 0.3) is 0 Å². The number of rotatable bonds is 2. The van der Waals surface area contributed by atoms with Gasteiger partial charge >= 0.3 is 0 Å². The van der Waals surface area contributed by atoms with E-state index in [4.69, 9.17) is 0 Å². The molecular formula is C18H25NOS. The lowest BCUT2D eigenvalue weighted by Gasteiger charge is -2.34. The van der Waals surface area contributed by atoms with E-state index in [1.807, 2.05) is 11.3 Å². The SMILES string of the molecule is Cc1cc(Cn2c(C)cc3c2CC(C)(C)CC3O)sc1C. The zero-order chi connectivity index (χ0) is 15.4. The molecule has 0 bridgehead atoms. The van der Waals surface area contributed by atoms with E-state index in [1.54, 1.807) is 0 Å².